The molecule has 0 radical (unpaired) electrons. The number of carbonyl (C=O) groups is 2. The standard InChI is InChI=1S/C16H24N4O3.2ClH/c1-11-5-3-7-14(18-11)19-15(21)12-6-4-8-20(9-12)16(22)13(17)10-23-2;;/h3,5,7,12-13H,4,6,8-10,17H2,1-2H3,(H,18,19,21);2*1H. The highest BCUT2D eigenvalue weighted by molar-refractivity contribution is 5.92. The monoisotopic (exact) mass is 392 g/mol. The van der Waals surface area contributed by atoms with E-state index >= 15 is 0 Å². The first kappa shape index (κ1) is 23.6. The number of aryl methyl sites for hydroxylation is 1. The van der Waals surface area contributed by atoms with E-state index in [4.69, 9.17) is 10.5 Å². The number of carbonyl (C=O) groups excluding carboxylic acids is 2. The number of methoxy groups -OCH3 is 1. The summed E-state index contributed by atoms with van der Waals surface area (Å²) < 4.78 is 4.92. The van der Waals surface area contributed by atoms with Gasteiger partial charge in [0, 0.05) is 25.9 Å². The largest absolute Gasteiger partial charge is 0.383 e. The summed E-state index contributed by atoms with van der Waals surface area (Å²) in [4.78, 5) is 30.6. The molecule has 1 aromatic heterocycles. The number of aromatic nitrogens is 1. The van der Waals surface area contributed by atoms with Gasteiger partial charge in [-0.15, -0.1) is 24.8 Å². The Kier molecular flexibility index (Phi) is 10.6. The van der Waals surface area contributed by atoms with Crippen LogP contribution in [0.5, 0.6) is 0 Å². The van der Waals surface area contributed by atoms with Gasteiger partial charge in [0.2, 0.25) is 11.8 Å². The van der Waals surface area contributed by atoms with Crippen molar-refractivity contribution in [1.82, 2.24) is 9.88 Å². The number of halogens is 2. The predicted molar refractivity (Wildman–Crippen MR) is 101 cm³/mol. The maximum atomic E-state index is 12.4. The summed E-state index contributed by atoms with van der Waals surface area (Å²) in [5.74, 6) is 0.0123. The van der Waals surface area contributed by atoms with E-state index in [-0.39, 0.29) is 49.2 Å². The van der Waals surface area contributed by atoms with Crippen LogP contribution in [-0.2, 0) is 14.3 Å². The first-order valence-electron chi connectivity index (χ1n) is 7.79. The molecule has 2 atom stereocenters. The third-order valence-electron chi connectivity index (χ3n) is 3.91. The molecule has 1 saturated heterocycles. The normalized spacial score (nSPS) is 17.7. The molecule has 25 heavy (non-hydrogen) atoms. The van der Waals surface area contributed by atoms with E-state index in [9.17, 15) is 9.59 Å². The molecular formula is C16H26Cl2N4O3. The number of anilines is 1. The number of pyridine rings is 1. The van der Waals surface area contributed by atoms with Gasteiger partial charge in [0.15, 0.2) is 0 Å². The Morgan fingerprint density at radius 2 is 2.16 bits per heavy atom. The van der Waals surface area contributed by atoms with Crippen molar-refractivity contribution in [3.63, 3.8) is 0 Å². The molecule has 3 N–H and O–H groups in total. The fraction of sp³-hybridized carbons (Fsp3) is 0.562. The second kappa shape index (κ2) is 11.3. The summed E-state index contributed by atoms with van der Waals surface area (Å²) in [6.45, 7) is 3.06. The summed E-state index contributed by atoms with van der Waals surface area (Å²) in [7, 11) is 1.51. The molecular weight excluding hydrogens is 367 g/mol. The average molecular weight is 393 g/mol. The quantitative estimate of drug-likeness (QED) is 0.788. The van der Waals surface area contributed by atoms with Crippen molar-refractivity contribution >= 4 is 42.4 Å². The van der Waals surface area contributed by atoms with Gasteiger partial charge < -0.3 is 20.7 Å². The Hall–Kier alpha value is -1.41. The van der Waals surface area contributed by atoms with Gasteiger partial charge in [0.1, 0.15) is 11.9 Å². The molecule has 1 aliphatic heterocycles. The zero-order valence-electron chi connectivity index (χ0n) is 14.4. The van der Waals surface area contributed by atoms with Crippen molar-refractivity contribution in [2.45, 2.75) is 25.8 Å². The third-order valence-corrected chi connectivity index (χ3v) is 3.91. The minimum absolute atomic E-state index is 0. The second-order valence-electron chi connectivity index (χ2n) is 5.84. The van der Waals surface area contributed by atoms with E-state index in [0.717, 1.165) is 18.5 Å². The summed E-state index contributed by atoms with van der Waals surface area (Å²) in [6.07, 6.45) is 1.53. The smallest absolute Gasteiger partial charge is 0.241 e. The lowest BCUT2D eigenvalue weighted by Crippen LogP contribution is -2.51. The number of nitrogens with two attached hydrogens (primary N) is 1. The lowest BCUT2D eigenvalue weighted by Gasteiger charge is -2.33. The topological polar surface area (TPSA) is 97.5 Å². The van der Waals surface area contributed by atoms with Crippen LogP contribution in [0.1, 0.15) is 18.5 Å². The number of piperidine rings is 1. The van der Waals surface area contributed by atoms with Crippen LogP contribution in [0.15, 0.2) is 18.2 Å². The van der Waals surface area contributed by atoms with Gasteiger partial charge in [0.05, 0.1) is 12.5 Å². The number of amides is 2. The highest BCUT2D eigenvalue weighted by atomic mass is 35.5. The lowest BCUT2D eigenvalue weighted by molar-refractivity contribution is -0.136. The molecule has 142 valence electrons. The van der Waals surface area contributed by atoms with Crippen LogP contribution in [-0.4, -0.2) is 54.5 Å². The molecule has 2 rings (SSSR count). The van der Waals surface area contributed by atoms with E-state index in [0.29, 0.717) is 18.9 Å². The van der Waals surface area contributed by atoms with E-state index in [1.807, 2.05) is 19.1 Å². The predicted octanol–water partition coefficient (Wildman–Crippen LogP) is 1.38. The fourth-order valence-corrected chi connectivity index (χ4v) is 2.72. The molecule has 2 heterocycles. The Balaban J connectivity index is 0.00000288. The molecule has 1 aliphatic rings. The number of nitrogens with zero attached hydrogens (tertiary/aromatic N) is 2. The van der Waals surface area contributed by atoms with Crippen LogP contribution >= 0.6 is 24.8 Å². The zero-order valence-corrected chi connectivity index (χ0v) is 16.1. The molecule has 7 nitrogen and oxygen atoms in total. The van der Waals surface area contributed by atoms with Gasteiger partial charge in [-0.3, -0.25) is 9.59 Å². The van der Waals surface area contributed by atoms with Gasteiger partial charge in [-0.05, 0) is 31.9 Å². The Labute approximate surface area is 160 Å². The van der Waals surface area contributed by atoms with Crippen molar-refractivity contribution in [1.29, 1.82) is 0 Å². The van der Waals surface area contributed by atoms with Crippen molar-refractivity contribution in [2.75, 3.05) is 32.1 Å². The van der Waals surface area contributed by atoms with Gasteiger partial charge in [-0.2, -0.15) is 0 Å². The molecule has 1 aromatic rings. The first-order chi connectivity index (χ1) is 11.0. The van der Waals surface area contributed by atoms with Crippen LogP contribution in [0.2, 0.25) is 0 Å². The Morgan fingerprint density at radius 1 is 1.44 bits per heavy atom. The summed E-state index contributed by atoms with van der Waals surface area (Å²) in [5.41, 5.74) is 6.64. The summed E-state index contributed by atoms with van der Waals surface area (Å²) in [6, 6.07) is 4.79. The highest BCUT2D eigenvalue weighted by Gasteiger charge is 2.30. The summed E-state index contributed by atoms with van der Waals surface area (Å²) >= 11 is 0. The van der Waals surface area contributed by atoms with Crippen LogP contribution in [0.3, 0.4) is 0 Å². The van der Waals surface area contributed by atoms with Crippen molar-refractivity contribution < 1.29 is 14.3 Å². The minimum Gasteiger partial charge on any atom is -0.383 e. The van der Waals surface area contributed by atoms with Crippen molar-refractivity contribution in [2.24, 2.45) is 11.7 Å². The number of hydrogen-bond acceptors (Lipinski definition) is 5. The van der Waals surface area contributed by atoms with E-state index in [2.05, 4.69) is 10.3 Å². The number of ether oxygens (including phenoxy) is 1. The highest BCUT2D eigenvalue weighted by Crippen LogP contribution is 2.19. The van der Waals surface area contributed by atoms with E-state index in [1.54, 1.807) is 11.0 Å². The van der Waals surface area contributed by atoms with Gasteiger partial charge >= 0.3 is 0 Å². The lowest BCUT2D eigenvalue weighted by atomic mass is 9.96. The molecule has 0 spiro atoms. The minimum atomic E-state index is -0.680. The van der Waals surface area contributed by atoms with Crippen LogP contribution < -0.4 is 11.1 Å². The number of rotatable bonds is 5. The number of likely N-dealkylation sites (tertiary alicyclic amines) is 1. The molecule has 0 saturated carbocycles. The maximum absolute atomic E-state index is 12.4. The molecule has 0 aromatic carbocycles. The molecule has 1 fully saturated rings. The molecule has 2 amide bonds. The van der Waals surface area contributed by atoms with Crippen molar-refractivity contribution in [3.8, 4) is 0 Å². The van der Waals surface area contributed by atoms with Gasteiger partial charge in [-0.25, -0.2) is 4.98 Å². The third kappa shape index (κ3) is 6.78. The van der Waals surface area contributed by atoms with Gasteiger partial charge in [0.25, 0.3) is 0 Å². The van der Waals surface area contributed by atoms with Crippen LogP contribution in [0.4, 0.5) is 5.82 Å². The van der Waals surface area contributed by atoms with E-state index in [1.165, 1.54) is 7.11 Å². The van der Waals surface area contributed by atoms with Crippen LogP contribution in [0.25, 0.3) is 0 Å². The maximum Gasteiger partial charge on any atom is 0.241 e. The zero-order chi connectivity index (χ0) is 16.8. The second-order valence-corrected chi connectivity index (χ2v) is 5.84. The SMILES string of the molecule is COCC(N)C(=O)N1CCCC(C(=O)Nc2cccc(C)n2)C1.Cl.Cl. The molecule has 2 unspecified atom stereocenters. The number of hydrogen-bond donors (Lipinski definition) is 2. The van der Waals surface area contributed by atoms with E-state index < -0.39 is 6.04 Å². The van der Waals surface area contributed by atoms with Gasteiger partial charge in [-0.1, -0.05) is 6.07 Å². The fourth-order valence-electron chi connectivity index (χ4n) is 2.72. The first-order valence-corrected chi connectivity index (χ1v) is 7.79. The Bertz CT molecular complexity index is 574. The molecule has 0 aliphatic carbocycles. The molecule has 9 heteroatoms. The number of nitrogens with one attached hydrogen (secondary N) is 1. The average Bonchev–Trinajstić information content (AvgIpc) is 2.54. The molecule has 0 bridgehead atoms. The van der Waals surface area contributed by atoms with Crippen molar-refractivity contribution in [3.05, 3.63) is 23.9 Å². The Morgan fingerprint density at radius 3 is 2.80 bits per heavy atom. The summed E-state index contributed by atoms with van der Waals surface area (Å²) in [5, 5.41) is 2.82. The van der Waals surface area contributed by atoms with Crippen LogP contribution in [0, 0.1) is 12.8 Å².